The van der Waals surface area contributed by atoms with E-state index in [4.69, 9.17) is 9.26 Å². The second-order valence-electron chi connectivity index (χ2n) is 8.65. The van der Waals surface area contributed by atoms with E-state index >= 15 is 0 Å². The van der Waals surface area contributed by atoms with Crippen LogP contribution in [0.1, 0.15) is 42.6 Å². The van der Waals surface area contributed by atoms with Crippen molar-refractivity contribution in [2.24, 2.45) is 5.92 Å². The zero-order valence-corrected chi connectivity index (χ0v) is 19.1. The van der Waals surface area contributed by atoms with Gasteiger partial charge in [0.1, 0.15) is 11.4 Å². The second-order valence-corrected chi connectivity index (χ2v) is 8.65. The molecule has 0 aliphatic carbocycles. The van der Waals surface area contributed by atoms with Gasteiger partial charge in [0.15, 0.2) is 0 Å². The van der Waals surface area contributed by atoms with Crippen LogP contribution in [0.3, 0.4) is 0 Å². The van der Waals surface area contributed by atoms with E-state index in [9.17, 15) is 4.79 Å². The normalized spacial score (nSPS) is 13.6. The predicted molar refractivity (Wildman–Crippen MR) is 126 cm³/mol. The van der Waals surface area contributed by atoms with Crippen LogP contribution >= 0.6 is 0 Å². The molecular formula is C26H31N3O3. The van der Waals surface area contributed by atoms with E-state index in [-0.39, 0.29) is 5.91 Å². The fraction of sp³-hybridized carbons (Fsp3) is 0.385. The van der Waals surface area contributed by atoms with Gasteiger partial charge in [0.05, 0.1) is 24.8 Å². The molecule has 6 nitrogen and oxygen atoms in total. The van der Waals surface area contributed by atoms with E-state index in [1.165, 1.54) is 0 Å². The summed E-state index contributed by atoms with van der Waals surface area (Å²) in [6.45, 7) is 7.18. The van der Waals surface area contributed by atoms with Gasteiger partial charge in [-0.25, -0.2) is 0 Å². The molecule has 3 aromatic rings. The quantitative estimate of drug-likeness (QED) is 0.486. The number of carbonyl (C=O) groups is 1. The Balaban J connectivity index is 1.74. The molecule has 1 saturated heterocycles. The highest BCUT2D eigenvalue weighted by Gasteiger charge is 2.29. The number of anilines is 1. The minimum Gasteiger partial charge on any atom is -0.496 e. The largest absolute Gasteiger partial charge is 0.496 e. The molecule has 2 aromatic carbocycles. The van der Waals surface area contributed by atoms with Gasteiger partial charge in [0.2, 0.25) is 5.88 Å². The van der Waals surface area contributed by atoms with E-state index in [1.54, 1.807) is 7.11 Å². The van der Waals surface area contributed by atoms with Crippen LogP contribution < -0.4 is 9.64 Å². The van der Waals surface area contributed by atoms with Crippen molar-refractivity contribution in [3.05, 3.63) is 65.7 Å². The number of benzene rings is 2. The first-order valence-electron chi connectivity index (χ1n) is 11.3. The van der Waals surface area contributed by atoms with Crippen molar-refractivity contribution < 1.29 is 14.1 Å². The Morgan fingerprint density at radius 3 is 2.47 bits per heavy atom. The molecule has 168 valence electrons. The number of hydrogen-bond donors (Lipinski definition) is 0. The monoisotopic (exact) mass is 433 g/mol. The minimum atomic E-state index is -0.0521. The SMILES string of the molecule is COc1ccccc1C(=O)N(Cc1c(-c2ccccc2)noc1N1CCCC1)CC(C)C. The summed E-state index contributed by atoms with van der Waals surface area (Å²) in [7, 11) is 1.60. The Morgan fingerprint density at radius 2 is 1.78 bits per heavy atom. The highest BCUT2D eigenvalue weighted by Crippen LogP contribution is 2.35. The first-order chi connectivity index (χ1) is 15.6. The van der Waals surface area contributed by atoms with Crippen molar-refractivity contribution in [2.45, 2.75) is 33.2 Å². The van der Waals surface area contributed by atoms with Gasteiger partial charge in [-0.2, -0.15) is 0 Å². The molecule has 1 aliphatic heterocycles. The summed E-state index contributed by atoms with van der Waals surface area (Å²) < 4.78 is 11.4. The van der Waals surface area contributed by atoms with Crippen LogP contribution in [0.4, 0.5) is 5.88 Å². The maximum Gasteiger partial charge on any atom is 0.257 e. The average Bonchev–Trinajstić information content (AvgIpc) is 3.48. The van der Waals surface area contributed by atoms with Crippen molar-refractivity contribution in [1.29, 1.82) is 0 Å². The molecule has 1 fully saturated rings. The van der Waals surface area contributed by atoms with Crippen molar-refractivity contribution in [2.75, 3.05) is 31.6 Å². The number of aromatic nitrogens is 1. The Kier molecular flexibility index (Phi) is 6.78. The average molecular weight is 434 g/mol. The van der Waals surface area contributed by atoms with Crippen molar-refractivity contribution >= 4 is 11.8 Å². The number of hydrogen-bond acceptors (Lipinski definition) is 5. The lowest BCUT2D eigenvalue weighted by Gasteiger charge is -2.26. The predicted octanol–water partition coefficient (Wildman–Crippen LogP) is 5.25. The molecule has 0 bridgehead atoms. The summed E-state index contributed by atoms with van der Waals surface area (Å²) >= 11 is 0. The molecule has 1 aromatic heterocycles. The number of amides is 1. The zero-order chi connectivity index (χ0) is 22.5. The molecule has 1 aliphatic rings. The molecule has 32 heavy (non-hydrogen) atoms. The standard InChI is InChI=1S/C26H31N3O3/c1-19(2)17-29(25(30)21-13-7-8-14-23(21)31-3)18-22-24(20-11-5-4-6-12-20)27-32-26(22)28-15-9-10-16-28/h4-8,11-14,19H,9-10,15-18H2,1-3H3. The molecule has 0 atom stereocenters. The van der Waals surface area contributed by atoms with Gasteiger partial charge in [-0.15, -0.1) is 0 Å². The van der Waals surface area contributed by atoms with Crippen LogP contribution in [0.5, 0.6) is 5.75 Å². The molecule has 0 radical (unpaired) electrons. The summed E-state index contributed by atoms with van der Waals surface area (Å²) in [4.78, 5) is 17.8. The third kappa shape index (κ3) is 4.64. The molecule has 0 N–H and O–H groups in total. The fourth-order valence-corrected chi connectivity index (χ4v) is 4.28. The number of nitrogens with zero attached hydrogens (tertiary/aromatic N) is 3. The van der Waals surface area contributed by atoms with Crippen molar-refractivity contribution in [1.82, 2.24) is 10.1 Å². The van der Waals surface area contributed by atoms with Gasteiger partial charge in [-0.05, 0) is 30.9 Å². The molecule has 0 unspecified atom stereocenters. The molecule has 6 heteroatoms. The lowest BCUT2D eigenvalue weighted by atomic mass is 10.0. The van der Waals surface area contributed by atoms with Gasteiger partial charge in [-0.1, -0.05) is 61.5 Å². The molecule has 1 amide bonds. The molecule has 2 heterocycles. The summed E-state index contributed by atoms with van der Waals surface area (Å²) in [5, 5.41) is 4.45. The second kappa shape index (κ2) is 9.90. The number of methoxy groups -OCH3 is 1. The lowest BCUT2D eigenvalue weighted by Crippen LogP contribution is -2.34. The van der Waals surface area contributed by atoms with E-state index in [0.717, 1.165) is 48.6 Å². The minimum absolute atomic E-state index is 0.0521. The highest BCUT2D eigenvalue weighted by atomic mass is 16.5. The Bertz CT molecular complexity index is 1040. The van der Waals surface area contributed by atoms with E-state index in [2.05, 4.69) is 23.9 Å². The van der Waals surface area contributed by atoms with Crippen LogP contribution in [0, 0.1) is 5.92 Å². The van der Waals surface area contributed by atoms with E-state index < -0.39 is 0 Å². The first-order valence-corrected chi connectivity index (χ1v) is 11.3. The van der Waals surface area contributed by atoms with Crippen LogP contribution in [-0.4, -0.2) is 42.7 Å². The maximum atomic E-state index is 13.6. The van der Waals surface area contributed by atoms with Crippen LogP contribution in [0.15, 0.2) is 59.1 Å². The molecule has 0 spiro atoms. The Morgan fingerprint density at radius 1 is 1.09 bits per heavy atom. The Labute approximate surface area is 189 Å². The van der Waals surface area contributed by atoms with Crippen LogP contribution in [0.25, 0.3) is 11.3 Å². The number of rotatable bonds is 8. The zero-order valence-electron chi connectivity index (χ0n) is 19.1. The summed E-state index contributed by atoms with van der Waals surface area (Å²) in [6.07, 6.45) is 2.27. The molecule has 0 saturated carbocycles. The lowest BCUT2D eigenvalue weighted by molar-refractivity contribution is 0.0719. The maximum absolute atomic E-state index is 13.6. The van der Waals surface area contributed by atoms with E-state index in [1.807, 2.05) is 59.5 Å². The smallest absolute Gasteiger partial charge is 0.257 e. The van der Waals surface area contributed by atoms with Crippen molar-refractivity contribution in [3.63, 3.8) is 0 Å². The van der Waals surface area contributed by atoms with Gasteiger partial charge in [0.25, 0.3) is 5.91 Å². The number of para-hydroxylation sites is 1. The third-order valence-electron chi connectivity index (χ3n) is 5.77. The number of ether oxygens (including phenoxy) is 1. The highest BCUT2D eigenvalue weighted by molar-refractivity contribution is 5.97. The van der Waals surface area contributed by atoms with Crippen LogP contribution in [-0.2, 0) is 6.54 Å². The molecular weight excluding hydrogens is 402 g/mol. The van der Waals surface area contributed by atoms with Gasteiger partial charge < -0.3 is 19.1 Å². The van der Waals surface area contributed by atoms with Gasteiger partial charge >= 0.3 is 0 Å². The third-order valence-corrected chi connectivity index (χ3v) is 5.77. The van der Waals surface area contributed by atoms with Gasteiger partial charge in [0, 0.05) is 25.2 Å². The summed E-state index contributed by atoms with van der Waals surface area (Å²) in [5.74, 6) is 1.62. The first kappa shape index (κ1) is 21.9. The topological polar surface area (TPSA) is 58.8 Å². The van der Waals surface area contributed by atoms with Crippen LogP contribution in [0.2, 0.25) is 0 Å². The van der Waals surface area contributed by atoms with E-state index in [0.29, 0.717) is 30.3 Å². The van der Waals surface area contributed by atoms with Crippen molar-refractivity contribution in [3.8, 4) is 17.0 Å². The molecule has 4 rings (SSSR count). The summed E-state index contributed by atoms with van der Waals surface area (Å²) in [6, 6.07) is 17.4. The number of carbonyl (C=O) groups excluding carboxylic acids is 1. The summed E-state index contributed by atoms with van der Waals surface area (Å²) in [5.41, 5.74) is 3.32. The fourth-order valence-electron chi connectivity index (χ4n) is 4.28. The van der Waals surface area contributed by atoms with Gasteiger partial charge in [-0.3, -0.25) is 4.79 Å². The Hall–Kier alpha value is -3.28.